The van der Waals surface area contributed by atoms with Crippen molar-refractivity contribution in [2.24, 2.45) is 0 Å². The molecule has 0 aliphatic carbocycles. The van der Waals surface area contributed by atoms with Gasteiger partial charge in [-0.1, -0.05) is 29.3 Å². The van der Waals surface area contributed by atoms with E-state index < -0.39 is 15.8 Å². The van der Waals surface area contributed by atoms with Crippen molar-refractivity contribution in [1.29, 1.82) is 0 Å². The van der Waals surface area contributed by atoms with Gasteiger partial charge in [-0.3, -0.25) is 0 Å². The highest BCUT2D eigenvalue weighted by Crippen LogP contribution is 2.23. The predicted octanol–water partition coefficient (Wildman–Crippen LogP) is 3.35. The maximum absolute atomic E-state index is 13.7. The molecule has 0 amide bonds. The van der Waals surface area contributed by atoms with Crippen molar-refractivity contribution in [3.05, 3.63) is 58.1 Å². The van der Waals surface area contributed by atoms with E-state index in [0.717, 1.165) is 10.5 Å². The van der Waals surface area contributed by atoms with Crippen LogP contribution >= 0.6 is 23.2 Å². The molecule has 0 aliphatic rings. The minimum atomic E-state index is -3.80. The largest absolute Gasteiger partial charge is 0.244 e. The quantitative estimate of drug-likeness (QED) is 0.796. The lowest BCUT2D eigenvalue weighted by Gasteiger charge is -2.18. The summed E-state index contributed by atoms with van der Waals surface area (Å²) in [4.78, 5) is 3.70. The molecule has 0 bridgehead atoms. The summed E-state index contributed by atoms with van der Waals surface area (Å²) < 4.78 is 39.4. The molecule has 0 saturated carbocycles. The summed E-state index contributed by atoms with van der Waals surface area (Å²) in [7, 11) is -2.46. The van der Waals surface area contributed by atoms with Crippen LogP contribution in [0.1, 0.15) is 5.56 Å². The van der Waals surface area contributed by atoms with Crippen LogP contribution in [0.4, 0.5) is 4.39 Å². The smallest absolute Gasteiger partial charge is 0.243 e. The summed E-state index contributed by atoms with van der Waals surface area (Å²) in [6.07, 6.45) is 1.15. The van der Waals surface area contributed by atoms with Gasteiger partial charge < -0.3 is 0 Å². The summed E-state index contributed by atoms with van der Waals surface area (Å²) in [5.41, 5.74) is 0.118. The fourth-order valence-electron chi connectivity index (χ4n) is 1.69. The maximum atomic E-state index is 13.7. The van der Waals surface area contributed by atoms with Crippen molar-refractivity contribution in [2.45, 2.75) is 11.4 Å². The topological polar surface area (TPSA) is 50.3 Å². The molecule has 21 heavy (non-hydrogen) atoms. The third-order valence-electron chi connectivity index (χ3n) is 2.85. The molecule has 0 N–H and O–H groups in total. The van der Waals surface area contributed by atoms with E-state index in [1.54, 1.807) is 0 Å². The first-order valence-corrected chi connectivity index (χ1v) is 8.03. The normalized spacial score (nSPS) is 11.9. The van der Waals surface area contributed by atoms with Gasteiger partial charge in [0.05, 0.1) is 0 Å². The van der Waals surface area contributed by atoms with Gasteiger partial charge in [0.15, 0.2) is 0 Å². The molecule has 1 aromatic carbocycles. The molecule has 112 valence electrons. The second-order valence-electron chi connectivity index (χ2n) is 4.28. The van der Waals surface area contributed by atoms with Gasteiger partial charge in [0.2, 0.25) is 10.0 Å². The standard InChI is InChI=1S/C13H11Cl2FN2O2S/c1-18(8-10-11(14)3-2-4-12(10)16)21(19,20)9-5-6-13(15)17-7-9/h2-7H,8H2,1H3. The number of aromatic nitrogens is 1. The molecule has 2 rings (SSSR count). The molecule has 2 aromatic rings. The van der Waals surface area contributed by atoms with Gasteiger partial charge in [0.1, 0.15) is 15.9 Å². The SMILES string of the molecule is CN(Cc1c(F)cccc1Cl)S(=O)(=O)c1ccc(Cl)nc1. The predicted molar refractivity (Wildman–Crippen MR) is 79.3 cm³/mol. The molecular formula is C13H11Cl2FN2O2S. The van der Waals surface area contributed by atoms with Crippen molar-refractivity contribution in [3.8, 4) is 0 Å². The van der Waals surface area contributed by atoms with E-state index >= 15 is 0 Å². The van der Waals surface area contributed by atoms with Crippen molar-refractivity contribution < 1.29 is 12.8 Å². The fourth-order valence-corrected chi connectivity index (χ4v) is 3.11. The Bertz CT molecular complexity index is 731. The van der Waals surface area contributed by atoms with Gasteiger partial charge in [-0.25, -0.2) is 17.8 Å². The van der Waals surface area contributed by atoms with Crippen molar-refractivity contribution >= 4 is 33.2 Å². The van der Waals surface area contributed by atoms with Gasteiger partial charge in [-0.15, -0.1) is 0 Å². The number of pyridine rings is 1. The van der Waals surface area contributed by atoms with E-state index in [4.69, 9.17) is 23.2 Å². The molecule has 0 spiro atoms. The fraction of sp³-hybridized carbons (Fsp3) is 0.154. The second kappa shape index (κ2) is 6.27. The van der Waals surface area contributed by atoms with E-state index in [1.165, 1.54) is 37.4 Å². The third-order valence-corrected chi connectivity index (χ3v) is 5.22. The van der Waals surface area contributed by atoms with Crippen LogP contribution in [0.15, 0.2) is 41.4 Å². The molecule has 0 radical (unpaired) electrons. The highest BCUT2D eigenvalue weighted by molar-refractivity contribution is 7.89. The van der Waals surface area contributed by atoms with Gasteiger partial charge in [-0.05, 0) is 24.3 Å². The van der Waals surface area contributed by atoms with Crippen LogP contribution in [0.25, 0.3) is 0 Å². The highest BCUT2D eigenvalue weighted by atomic mass is 35.5. The monoisotopic (exact) mass is 348 g/mol. The molecule has 1 aromatic heterocycles. The van der Waals surface area contributed by atoms with Gasteiger partial charge in [0.25, 0.3) is 0 Å². The lowest BCUT2D eigenvalue weighted by Crippen LogP contribution is -2.27. The molecule has 1 heterocycles. The molecule has 0 aliphatic heterocycles. The lowest BCUT2D eigenvalue weighted by molar-refractivity contribution is 0.456. The minimum Gasteiger partial charge on any atom is -0.243 e. The van der Waals surface area contributed by atoms with Crippen LogP contribution < -0.4 is 0 Å². The summed E-state index contributed by atoms with van der Waals surface area (Å²) in [6, 6.07) is 6.90. The Morgan fingerprint density at radius 1 is 1.24 bits per heavy atom. The van der Waals surface area contributed by atoms with Crippen LogP contribution in [0.2, 0.25) is 10.2 Å². The maximum Gasteiger partial charge on any atom is 0.244 e. The molecule has 0 atom stereocenters. The van der Waals surface area contributed by atoms with Gasteiger partial charge >= 0.3 is 0 Å². The first-order chi connectivity index (χ1) is 9.82. The summed E-state index contributed by atoms with van der Waals surface area (Å²) >= 11 is 11.5. The van der Waals surface area contributed by atoms with Crippen LogP contribution in [0.3, 0.4) is 0 Å². The molecule has 0 unspecified atom stereocenters. The lowest BCUT2D eigenvalue weighted by atomic mass is 10.2. The Morgan fingerprint density at radius 3 is 2.52 bits per heavy atom. The zero-order valence-corrected chi connectivity index (χ0v) is 13.3. The molecular weight excluding hydrogens is 338 g/mol. The van der Waals surface area contributed by atoms with Crippen molar-refractivity contribution in [1.82, 2.24) is 9.29 Å². The Labute approximate surface area is 132 Å². The molecule has 0 fully saturated rings. The Balaban J connectivity index is 2.31. The molecule has 0 saturated heterocycles. The Morgan fingerprint density at radius 2 is 1.95 bits per heavy atom. The van der Waals surface area contributed by atoms with Crippen LogP contribution in [0.5, 0.6) is 0 Å². The Kier molecular flexibility index (Phi) is 4.83. The summed E-state index contributed by atoms with van der Waals surface area (Å²) in [5, 5.41) is 0.361. The van der Waals surface area contributed by atoms with Crippen molar-refractivity contribution in [2.75, 3.05) is 7.05 Å². The number of hydrogen-bond acceptors (Lipinski definition) is 3. The number of sulfonamides is 1. The third kappa shape index (κ3) is 3.52. The first kappa shape index (κ1) is 16.2. The van der Waals surface area contributed by atoms with E-state index in [-0.39, 0.29) is 27.2 Å². The van der Waals surface area contributed by atoms with E-state index in [0.29, 0.717) is 0 Å². The minimum absolute atomic E-state index is 0.0261. The van der Waals surface area contributed by atoms with E-state index in [1.807, 2.05) is 0 Å². The average molecular weight is 349 g/mol. The zero-order valence-electron chi connectivity index (χ0n) is 10.9. The van der Waals surface area contributed by atoms with Crippen LogP contribution in [-0.4, -0.2) is 24.8 Å². The average Bonchev–Trinajstić information content (AvgIpc) is 2.43. The highest BCUT2D eigenvalue weighted by Gasteiger charge is 2.23. The number of rotatable bonds is 4. The second-order valence-corrected chi connectivity index (χ2v) is 7.12. The molecule has 4 nitrogen and oxygen atoms in total. The number of benzene rings is 1. The molecule has 8 heteroatoms. The van der Waals surface area contributed by atoms with E-state index in [2.05, 4.69) is 4.98 Å². The van der Waals surface area contributed by atoms with Crippen molar-refractivity contribution in [3.63, 3.8) is 0 Å². The summed E-state index contributed by atoms with van der Waals surface area (Å²) in [5.74, 6) is -0.557. The van der Waals surface area contributed by atoms with Crippen LogP contribution in [0, 0.1) is 5.82 Å². The number of halogens is 3. The van der Waals surface area contributed by atoms with Gasteiger partial charge in [0, 0.05) is 30.4 Å². The summed E-state index contributed by atoms with van der Waals surface area (Å²) in [6.45, 7) is -0.184. The number of hydrogen-bond donors (Lipinski definition) is 0. The first-order valence-electron chi connectivity index (χ1n) is 5.83. The Hall–Kier alpha value is -1.21. The number of nitrogens with zero attached hydrogens (tertiary/aromatic N) is 2. The van der Waals surface area contributed by atoms with Gasteiger partial charge in [-0.2, -0.15) is 4.31 Å². The van der Waals surface area contributed by atoms with E-state index in [9.17, 15) is 12.8 Å². The van der Waals surface area contributed by atoms with Crippen LogP contribution in [-0.2, 0) is 16.6 Å². The zero-order chi connectivity index (χ0) is 15.6.